The molecule has 0 saturated carbocycles. The third kappa shape index (κ3) is 6.80. The zero-order valence-electron chi connectivity index (χ0n) is 12.6. The average molecular weight is 319 g/mol. The first-order valence-corrected chi connectivity index (χ1v) is 7.95. The summed E-state index contributed by atoms with van der Waals surface area (Å²) in [6.45, 7) is 5.75. The third-order valence-electron chi connectivity index (χ3n) is 3.38. The zero-order valence-corrected chi connectivity index (χ0v) is 13.4. The number of allylic oxidation sites excluding steroid dienone is 1. The number of hydrogen-bond acceptors (Lipinski definition) is 3. The highest BCUT2D eigenvalue weighted by molar-refractivity contribution is 7.80. The summed E-state index contributed by atoms with van der Waals surface area (Å²) in [4.78, 5) is 1.55. The summed E-state index contributed by atoms with van der Waals surface area (Å²) in [5.41, 5.74) is 3.95. The largest absolute Gasteiger partial charge is 0.370 e. The fourth-order valence-corrected chi connectivity index (χ4v) is 2.31. The molecule has 0 amide bonds. The fraction of sp³-hybridized carbons (Fsp3) is 0.375. The first-order chi connectivity index (χ1) is 10.8. The molecule has 0 aliphatic carbocycles. The van der Waals surface area contributed by atoms with Gasteiger partial charge in [-0.05, 0) is 23.9 Å². The molecule has 22 heavy (non-hydrogen) atoms. The highest BCUT2D eigenvalue weighted by atomic mass is 32.1. The number of nitrogens with one attached hydrogen (secondary N) is 3. The Balaban J connectivity index is 1.57. The molecule has 1 aliphatic heterocycles. The number of hydrogen-bond donors (Lipinski definition) is 3. The normalized spacial score (nSPS) is 16.2. The molecule has 1 saturated heterocycles. The number of nitrogens with zero attached hydrogens (tertiary/aromatic N) is 1. The summed E-state index contributed by atoms with van der Waals surface area (Å²) < 4.78 is 5.33. The van der Waals surface area contributed by atoms with E-state index < -0.39 is 0 Å². The van der Waals surface area contributed by atoms with Gasteiger partial charge in [0.1, 0.15) is 13.1 Å². The van der Waals surface area contributed by atoms with Crippen LogP contribution in [0.4, 0.5) is 0 Å². The molecule has 1 aromatic carbocycles. The molecule has 1 fully saturated rings. The molecule has 3 N–H and O–H groups in total. The lowest BCUT2D eigenvalue weighted by Crippen LogP contribution is -3.14. The molecular weight excluding hydrogens is 296 g/mol. The molecule has 1 aliphatic rings. The van der Waals surface area contributed by atoms with Crippen molar-refractivity contribution in [1.29, 1.82) is 0 Å². The first kappa shape index (κ1) is 16.6. The van der Waals surface area contributed by atoms with E-state index in [4.69, 9.17) is 17.0 Å². The van der Waals surface area contributed by atoms with Gasteiger partial charge in [0.2, 0.25) is 0 Å². The van der Waals surface area contributed by atoms with Gasteiger partial charge < -0.3 is 15.0 Å². The molecule has 0 aromatic heterocycles. The average Bonchev–Trinajstić information content (AvgIpc) is 2.56. The van der Waals surface area contributed by atoms with Gasteiger partial charge in [0.05, 0.1) is 26.3 Å². The van der Waals surface area contributed by atoms with Crippen LogP contribution in [-0.4, -0.2) is 50.7 Å². The molecule has 0 atom stereocenters. The maximum Gasteiger partial charge on any atom is 0.187 e. The second-order valence-corrected chi connectivity index (χ2v) is 5.44. The van der Waals surface area contributed by atoms with Gasteiger partial charge in [-0.15, -0.1) is 0 Å². The fourth-order valence-electron chi connectivity index (χ4n) is 2.16. The van der Waals surface area contributed by atoms with Crippen molar-refractivity contribution in [2.45, 2.75) is 0 Å². The second kappa shape index (κ2) is 10.0. The number of ether oxygens (including phenoxy) is 1. The Morgan fingerprint density at radius 2 is 2.05 bits per heavy atom. The Morgan fingerprint density at radius 1 is 1.27 bits per heavy atom. The number of hydrazone groups is 1. The summed E-state index contributed by atoms with van der Waals surface area (Å²) in [6.07, 6.45) is 5.56. The van der Waals surface area contributed by atoms with Crippen molar-refractivity contribution in [3.8, 4) is 0 Å². The number of rotatable bonds is 6. The van der Waals surface area contributed by atoms with Gasteiger partial charge in [-0.1, -0.05) is 36.4 Å². The predicted molar refractivity (Wildman–Crippen MR) is 94.1 cm³/mol. The SMILES string of the molecule is S=C(NCC[NH+]1CCOCC1)N/N=C\C=C\c1ccccc1. The van der Waals surface area contributed by atoms with Crippen LogP contribution in [0.2, 0.25) is 0 Å². The van der Waals surface area contributed by atoms with E-state index in [2.05, 4.69) is 15.8 Å². The summed E-state index contributed by atoms with van der Waals surface area (Å²) >= 11 is 5.17. The van der Waals surface area contributed by atoms with Crippen molar-refractivity contribution in [3.05, 3.63) is 42.0 Å². The highest BCUT2D eigenvalue weighted by Crippen LogP contribution is 1.99. The van der Waals surface area contributed by atoms with Gasteiger partial charge >= 0.3 is 0 Å². The molecular formula is C16H23N4OS+. The molecule has 0 radical (unpaired) electrons. The lowest BCUT2D eigenvalue weighted by molar-refractivity contribution is -0.906. The van der Waals surface area contributed by atoms with E-state index in [0.717, 1.165) is 45.0 Å². The molecule has 0 unspecified atom stereocenters. The lowest BCUT2D eigenvalue weighted by Gasteiger charge is -2.23. The van der Waals surface area contributed by atoms with Gasteiger partial charge in [0.25, 0.3) is 0 Å². The molecule has 6 heteroatoms. The minimum absolute atomic E-state index is 0.553. The zero-order chi connectivity index (χ0) is 15.5. The second-order valence-electron chi connectivity index (χ2n) is 5.03. The van der Waals surface area contributed by atoms with Crippen molar-refractivity contribution in [1.82, 2.24) is 10.7 Å². The number of thiocarbonyl (C=S) groups is 1. The molecule has 1 aromatic rings. The number of quaternary nitrogens is 1. The van der Waals surface area contributed by atoms with Gasteiger partial charge in [-0.25, -0.2) is 0 Å². The van der Waals surface area contributed by atoms with Gasteiger partial charge in [-0.2, -0.15) is 5.10 Å². The van der Waals surface area contributed by atoms with E-state index in [9.17, 15) is 0 Å². The minimum atomic E-state index is 0.553. The lowest BCUT2D eigenvalue weighted by atomic mass is 10.2. The van der Waals surface area contributed by atoms with Crippen LogP contribution in [0.15, 0.2) is 41.5 Å². The minimum Gasteiger partial charge on any atom is -0.370 e. The summed E-state index contributed by atoms with van der Waals surface area (Å²) in [5, 5.41) is 7.77. The van der Waals surface area contributed by atoms with Gasteiger partial charge in [-0.3, -0.25) is 5.43 Å². The van der Waals surface area contributed by atoms with E-state index in [1.54, 1.807) is 11.1 Å². The standard InChI is InChI=1S/C16H22N4OS/c22-16(17-9-10-20-11-13-21-14-12-20)19-18-8-4-7-15-5-2-1-3-6-15/h1-8H,9-14H2,(H2,17,19,22)/p+1/b7-4+,18-8-. The maximum absolute atomic E-state index is 5.33. The van der Waals surface area contributed by atoms with E-state index in [-0.39, 0.29) is 0 Å². The molecule has 1 heterocycles. The summed E-state index contributed by atoms with van der Waals surface area (Å²) in [5.74, 6) is 0. The van der Waals surface area contributed by atoms with E-state index >= 15 is 0 Å². The van der Waals surface area contributed by atoms with Crippen molar-refractivity contribution in [2.24, 2.45) is 5.10 Å². The maximum atomic E-state index is 5.33. The van der Waals surface area contributed by atoms with Gasteiger partial charge in [0, 0.05) is 6.21 Å². The smallest absolute Gasteiger partial charge is 0.187 e. The van der Waals surface area contributed by atoms with Crippen molar-refractivity contribution in [3.63, 3.8) is 0 Å². The third-order valence-corrected chi connectivity index (χ3v) is 3.61. The van der Waals surface area contributed by atoms with Crippen LogP contribution in [0.25, 0.3) is 6.08 Å². The van der Waals surface area contributed by atoms with E-state index in [1.807, 2.05) is 42.5 Å². The molecule has 118 valence electrons. The Labute approximate surface area is 137 Å². The Bertz CT molecular complexity index is 498. The highest BCUT2D eigenvalue weighted by Gasteiger charge is 2.12. The quantitative estimate of drug-likeness (QED) is 0.394. The van der Waals surface area contributed by atoms with Crippen LogP contribution < -0.4 is 15.6 Å². The van der Waals surface area contributed by atoms with E-state index in [1.165, 1.54) is 0 Å². The first-order valence-electron chi connectivity index (χ1n) is 7.54. The predicted octanol–water partition coefficient (Wildman–Crippen LogP) is 0.0648. The molecule has 0 bridgehead atoms. The van der Waals surface area contributed by atoms with Crippen molar-refractivity contribution < 1.29 is 9.64 Å². The summed E-state index contributed by atoms with van der Waals surface area (Å²) in [6, 6.07) is 10.1. The number of morpholine rings is 1. The van der Waals surface area contributed by atoms with Crippen LogP contribution in [0.5, 0.6) is 0 Å². The molecule has 5 nitrogen and oxygen atoms in total. The summed E-state index contributed by atoms with van der Waals surface area (Å²) in [7, 11) is 0. The van der Waals surface area contributed by atoms with Crippen LogP contribution in [0, 0.1) is 0 Å². The Kier molecular flexibility index (Phi) is 7.59. The van der Waals surface area contributed by atoms with Crippen LogP contribution in [0.3, 0.4) is 0 Å². The molecule has 2 rings (SSSR count). The van der Waals surface area contributed by atoms with Crippen molar-refractivity contribution >= 4 is 29.6 Å². The molecule has 0 spiro atoms. The van der Waals surface area contributed by atoms with Crippen LogP contribution in [-0.2, 0) is 4.74 Å². The van der Waals surface area contributed by atoms with Gasteiger partial charge in [0.15, 0.2) is 5.11 Å². The van der Waals surface area contributed by atoms with Crippen LogP contribution >= 0.6 is 12.2 Å². The monoisotopic (exact) mass is 319 g/mol. The van der Waals surface area contributed by atoms with Crippen LogP contribution in [0.1, 0.15) is 5.56 Å². The Morgan fingerprint density at radius 3 is 2.82 bits per heavy atom. The number of benzene rings is 1. The Hall–Kier alpha value is -1.76. The van der Waals surface area contributed by atoms with Crippen molar-refractivity contribution in [2.75, 3.05) is 39.4 Å². The van der Waals surface area contributed by atoms with E-state index in [0.29, 0.717) is 5.11 Å². The topological polar surface area (TPSA) is 50.1 Å².